The zero-order valence-corrected chi connectivity index (χ0v) is 20.7. The molecule has 1 atom stereocenters. The van der Waals surface area contributed by atoms with Crippen molar-refractivity contribution in [1.29, 1.82) is 0 Å². The van der Waals surface area contributed by atoms with Crippen LogP contribution in [0.3, 0.4) is 0 Å². The summed E-state index contributed by atoms with van der Waals surface area (Å²) in [6.45, 7) is 0.963. The number of aliphatic imine (C=N–C) groups is 1. The highest BCUT2D eigenvalue weighted by Crippen LogP contribution is 2.15. The summed E-state index contributed by atoms with van der Waals surface area (Å²) in [6, 6.07) is 10.2. The molecule has 2 aromatic carbocycles. The molecule has 13 heteroatoms. The molecule has 2 amide bonds. The molecule has 0 spiro atoms. The first-order valence-electron chi connectivity index (χ1n) is 11.1. The summed E-state index contributed by atoms with van der Waals surface area (Å²) in [5, 5.41) is 17.7. The van der Waals surface area contributed by atoms with E-state index in [4.69, 9.17) is 11.6 Å². The summed E-state index contributed by atoms with van der Waals surface area (Å²) in [5.41, 5.74) is 1.09. The number of benzene rings is 2. The summed E-state index contributed by atoms with van der Waals surface area (Å²) >= 11 is 5.81. The van der Waals surface area contributed by atoms with Crippen LogP contribution in [0.1, 0.15) is 28.8 Å². The fourth-order valence-corrected chi connectivity index (χ4v) is 4.75. The number of hydrogen-bond acceptors (Lipinski definition) is 7. The minimum absolute atomic E-state index is 0.176. The number of halogens is 1. The van der Waals surface area contributed by atoms with E-state index in [2.05, 4.69) is 25.7 Å². The van der Waals surface area contributed by atoms with Gasteiger partial charge in [0.1, 0.15) is 6.04 Å². The van der Waals surface area contributed by atoms with Crippen molar-refractivity contribution in [2.75, 3.05) is 19.6 Å². The first-order valence-corrected chi connectivity index (χ1v) is 13.0. The van der Waals surface area contributed by atoms with E-state index in [1.54, 1.807) is 24.3 Å². The Morgan fingerprint density at radius 3 is 2.53 bits per heavy atom. The van der Waals surface area contributed by atoms with E-state index in [1.807, 2.05) is 0 Å². The number of carbonyl (C=O) groups is 3. The summed E-state index contributed by atoms with van der Waals surface area (Å²) in [6.07, 6.45) is 1.61. The molecule has 1 aliphatic heterocycles. The van der Waals surface area contributed by atoms with Crippen LogP contribution in [0.4, 0.5) is 0 Å². The summed E-state index contributed by atoms with van der Waals surface area (Å²) in [7, 11) is -4.18. The molecule has 1 aliphatic rings. The van der Waals surface area contributed by atoms with Gasteiger partial charge in [0, 0.05) is 36.6 Å². The van der Waals surface area contributed by atoms with Crippen LogP contribution in [0.2, 0.25) is 5.02 Å². The van der Waals surface area contributed by atoms with Gasteiger partial charge < -0.3 is 15.7 Å². The van der Waals surface area contributed by atoms with Crippen molar-refractivity contribution in [2.45, 2.75) is 30.2 Å². The number of rotatable bonds is 10. The van der Waals surface area contributed by atoms with Crippen molar-refractivity contribution in [2.24, 2.45) is 4.99 Å². The Balaban J connectivity index is 1.51. The number of nitrogens with zero attached hydrogens (tertiary/aromatic N) is 1. The quantitative estimate of drug-likeness (QED) is 0.301. The van der Waals surface area contributed by atoms with Gasteiger partial charge in [-0.2, -0.15) is 4.72 Å². The topological polar surface area (TPSA) is 166 Å². The molecular formula is C23H26ClN5O6S. The Bertz CT molecular complexity index is 1250. The van der Waals surface area contributed by atoms with Crippen LogP contribution in [0.5, 0.6) is 0 Å². The first kappa shape index (κ1) is 27.1. The molecule has 11 nitrogen and oxygen atoms in total. The second kappa shape index (κ2) is 12.5. The third kappa shape index (κ3) is 8.04. The van der Waals surface area contributed by atoms with Gasteiger partial charge in [-0.1, -0.05) is 29.8 Å². The molecular weight excluding hydrogens is 510 g/mol. The molecule has 0 saturated carbocycles. The van der Waals surface area contributed by atoms with E-state index in [-0.39, 0.29) is 27.8 Å². The van der Waals surface area contributed by atoms with Crippen LogP contribution in [0.25, 0.3) is 0 Å². The van der Waals surface area contributed by atoms with Gasteiger partial charge >= 0.3 is 5.97 Å². The van der Waals surface area contributed by atoms with Gasteiger partial charge in [0.05, 0.1) is 4.90 Å². The Kier molecular flexibility index (Phi) is 9.39. The van der Waals surface area contributed by atoms with Gasteiger partial charge in [-0.25, -0.2) is 8.42 Å². The minimum Gasteiger partial charge on any atom is -0.480 e. The fourth-order valence-electron chi connectivity index (χ4n) is 3.26. The average molecular weight is 536 g/mol. The van der Waals surface area contributed by atoms with Crippen molar-refractivity contribution >= 4 is 45.4 Å². The van der Waals surface area contributed by atoms with Gasteiger partial charge in [-0.15, -0.1) is 0 Å². The molecule has 36 heavy (non-hydrogen) atoms. The molecule has 0 aliphatic carbocycles. The number of guanidine groups is 1. The molecule has 3 rings (SSSR count). The van der Waals surface area contributed by atoms with E-state index in [0.29, 0.717) is 18.9 Å². The maximum Gasteiger partial charge on any atom is 0.323 e. The normalized spacial score (nSPS) is 14.2. The number of carboxylic acids is 1. The molecule has 0 radical (unpaired) electrons. The lowest BCUT2D eigenvalue weighted by Gasteiger charge is -2.16. The van der Waals surface area contributed by atoms with E-state index >= 15 is 0 Å². The van der Waals surface area contributed by atoms with Crippen LogP contribution in [-0.2, 0) is 26.0 Å². The summed E-state index contributed by atoms with van der Waals surface area (Å²) in [5.74, 6) is -1.73. The molecule has 0 bridgehead atoms. The lowest BCUT2D eigenvalue weighted by molar-refractivity contribution is -0.138. The number of carboxylic acid groups (broad SMARTS) is 1. The monoisotopic (exact) mass is 535 g/mol. The van der Waals surface area contributed by atoms with Gasteiger partial charge in [0.15, 0.2) is 5.96 Å². The molecule has 1 heterocycles. The smallest absolute Gasteiger partial charge is 0.323 e. The zero-order valence-electron chi connectivity index (χ0n) is 19.2. The highest BCUT2D eigenvalue weighted by atomic mass is 35.5. The minimum atomic E-state index is -4.18. The van der Waals surface area contributed by atoms with E-state index in [1.165, 1.54) is 24.3 Å². The number of hydrogen-bond donors (Lipinski definition) is 5. The number of aliphatic carboxylic acids is 1. The van der Waals surface area contributed by atoms with Gasteiger partial charge in [-0.05, 0) is 48.7 Å². The second-order valence-corrected chi connectivity index (χ2v) is 10.1. The van der Waals surface area contributed by atoms with Gasteiger partial charge in [-0.3, -0.25) is 24.7 Å². The lowest BCUT2D eigenvalue weighted by atomic mass is 10.1. The Labute approximate surface area is 213 Å². The van der Waals surface area contributed by atoms with Crippen LogP contribution < -0.4 is 20.7 Å². The van der Waals surface area contributed by atoms with Crippen LogP contribution in [0.15, 0.2) is 58.4 Å². The highest BCUT2D eigenvalue weighted by Gasteiger charge is 2.26. The van der Waals surface area contributed by atoms with Crippen molar-refractivity contribution in [1.82, 2.24) is 20.7 Å². The Morgan fingerprint density at radius 2 is 1.89 bits per heavy atom. The lowest BCUT2D eigenvalue weighted by Crippen LogP contribution is -2.48. The molecule has 2 aromatic rings. The van der Waals surface area contributed by atoms with Crippen LogP contribution in [-0.4, -0.2) is 62.9 Å². The van der Waals surface area contributed by atoms with Crippen molar-refractivity contribution in [3.8, 4) is 0 Å². The van der Waals surface area contributed by atoms with Gasteiger partial charge in [0.2, 0.25) is 15.9 Å². The van der Waals surface area contributed by atoms with Crippen molar-refractivity contribution in [3.63, 3.8) is 0 Å². The van der Waals surface area contributed by atoms with E-state index in [9.17, 15) is 27.9 Å². The fraction of sp³-hybridized carbons (Fsp3) is 0.304. The largest absolute Gasteiger partial charge is 0.480 e. The Morgan fingerprint density at radius 1 is 1.14 bits per heavy atom. The third-order valence-electron chi connectivity index (χ3n) is 5.18. The van der Waals surface area contributed by atoms with E-state index < -0.39 is 34.5 Å². The van der Waals surface area contributed by atoms with Gasteiger partial charge in [0.25, 0.3) is 5.91 Å². The second-order valence-electron chi connectivity index (χ2n) is 7.94. The van der Waals surface area contributed by atoms with E-state index in [0.717, 1.165) is 18.5 Å². The first-order chi connectivity index (χ1) is 17.1. The summed E-state index contributed by atoms with van der Waals surface area (Å²) in [4.78, 5) is 40.1. The average Bonchev–Trinajstić information content (AvgIpc) is 2.86. The number of aryl methyl sites for hydroxylation is 1. The third-order valence-corrected chi connectivity index (χ3v) is 6.89. The Hall–Kier alpha value is -3.48. The number of nitrogens with one attached hydrogen (secondary N) is 4. The molecule has 0 saturated heterocycles. The zero-order chi connectivity index (χ0) is 26.1. The van der Waals surface area contributed by atoms with Crippen molar-refractivity contribution < 1.29 is 27.9 Å². The van der Waals surface area contributed by atoms with Crippen LogP contribution in [0, 0.1) is 0 Å². The molecule has 192 valence electrons. The standard InChI is InChI=1S/C23H26ClN5O6S/c24-17-3-1-4-18(13-17)36(34,35)29-19(22(32)33)14-27-21(31)16-8-5-15(6-9-16)7-10-20(30)28-23-25-11-2-12-26-23/h1,3-6,8-9,13,19,29H,2,7,10-12,14H2,(H,27,31)(H,32,33)(H2,25,26,28,30)/t19-/m0/s1. The number of amides is 2. The SMILES string of the molecule is O=C(CCc1ccc(C(=O)NC[C@H](NS(=O)(=O)c2cccc(Cl)c2)C(=O)O)cc1)NC1=NCCCN1. The van der Waals surface area contributed by atoms with Crippen molar-refractivity contribution in [3.05, 3.63) is 64.7 Å². The molecule has 0 aromatic heterocycles. The number of sulfonamides is 1. The van der Waals surface area contributed by atoms with Crippen LogP contribution >= 0.6 is 11.6 Å². The maximum atomic E-state index is 12.5. The molecule has 5 N–H and O–H groups in total. The number of carbonyl (C=O) groups excluding carboxylic acids is 2. The predicted octanol–water partition coefficient (Wildman–Crippen LogP) is 0.900. The predicted molar refractivity (Wildman–Crippen MR) is 133 cm³/mol. The maximum absolute atomic E-state index is 12.5. The highest BCUT2D eigenvalue weighted by molar-refractivity contribution is 7.89. The summed E-state index contributed by atoms with van der Waals surface area (Å²) < 4.78 is 27.0. The molecule has 0 fully saturated rings. The molecule has 0 unspecified atom stereocenters.